The summed E-state index contributed by atoms with van der Waals surface area (Å²) in [4.78, 5) is 14.1. The van der Waals surface area contributed by atoms with Crippen molar-refractivity contribution in [1.82, 2.24) is 10.2 Å². The van der Waals surface area contributed by atoms with Crippen molar-refractivity contribution in [3.05, 3.63) is 29.3 Å². The Balaban J connectivity index is 1.68. The summed E-state index contributed by atoms with van der Waals surface area (Å²) in [5, 5.41) is 12.7. The normalized spacial score (nSPS) is 22.1. The number of phenolic OH excluding ortho intramolecular Hbond substituents is 1. The number of nitrogens with one attached hydrogen (secondary N) is 1. The Morgan fingerprint density at radius 2 is 2.16 bits per heavy atom. The summed E-state index contributed by atoms with van der Waals surface area (Å²) in [6, 6.07) is 5.52. The van der Waals surface area contributed by atoms with E-state index in [-0.39, 0.29) is 17.8 Å². The minimum Gasteiger partial charge on any atom is -0.508 e. The molecule has 1 saturated heterocycles. The number of fused-ring (bicyclic) bond motifs is 1. The van der Waals surface area contributed by atoms with Gasteiger partial charge in [-0.3, -0.25) is 0 Å². The monoisotopic (exact) mass is 278 g/mol. The van der Waals surface area contributed by atoms with Gasteiger partial charge in [0.05, 0.1) is 6.04 Å². The molecule has 0 spiro atoms. The molecule has 3 rings (SSSR count). The van der Waals surface area contributed by atoms with Crippen LogP contribution in [0.3, 0.4) is 0 Å². The van der Waals surface area contributed by atoms with Crippen LogP contribution in [0, 0.1) is 0 Å². The summed E-state index contributed by atoms with van der Waals surface area (Å²) in [5.74, 6) is 2.32. The van der Waals surface area contributed by atoms with E-state index in [2.05, 4.69) is 5.32 Å². The number of rotatable bonds is 1. The number of carbonyl (C=O) groups excluding carboxylic acids is 1. The molecule has 1 atom stereocenters. The number of aryl methyl sites for hydroxylation is 1. The van der Waals surface area contributed by atoms with Gasteiger partial charge in [-0.05, 0) is 36.1 Å². The topological polar surface area (TPSA) is 52.6 Å². The van der Waals surface area contributed by atoms with E-state index in [4.69, 9.17) is 0 Å². The van der Waals surface area contributed by atoms with E-state index in [1.807, 2.05) is 22.7 Å². The lowest BCUT2D eigenvalue weighted by Gasteiger charge is -2.28. The highest BCUT2D eigenvalue weighted by molar-refractivity contribution is 7.99. The van der Waals surface area contributed by atoms with Crippen LogP contribution in [-0.2, 0) is 6.42 Å². The second-order valence-corrected chi connectivity index (χ2v) is 6.25. The predicted molar refractivity (Wildman–Crippen MR) is 76.6 cm³/mol. The third-order valence-corrected chi connectivity index (χ3v) is 4.75. The zero-order valence-electron chi connectivity index (χ0n) is 10.8. The molecule has 2 aliphatic rings. The summed E-state index contributed by atoms with van der Waals surface area (Å²) in [6.07, 6.45) is 1.89. The van der Waals surface area contributed by atoms with Crippen molar-refractivity contribution in [2.75, 3.05) is 24.6 Å². The number of hydrogen-bond donors (Lipinski definition) is 2. The maximum atomic E-state index is 12.2. The minimum atomic E-state index is 0.0292. The lowest BCUT2D eigenvalue weighted by molar-refractivity contribution is 0.199. The van der Waals surface area contributed by atoms with Crippen LogP contribution in [0.2, 0.25) is 0 Å². The molecule has 1 heterocycles. The van der Waals surface area contributed by atoms with Crippen LogP contribution < -0.4 is 5.32 Å². The zero-order chi connectivity index (χ0) is 13.2. The predicted octanol–water partition coefficient (Wildman–Crippen LogP) is 2.14. The van der Waals surface area contributed by atoms with Crippen LogP contribution in [0.25, 0.3) is 0 Å². The molecule has 19 heavy (non-hydrogen) atoms. The average Bonchev–Trinajstić information content (AvgIpc) is 2.82. The van der Waals surface area contributed by atoms with Crippen molar-refractivity contribution in [2.45, 2.75) is 18.9 Å². The highest BCUT2D eigenvalue weighted by Crippen LogP contribution is 2.33. The fourth-order valence-electron chi connectivity index (χ4n) is 2.75. The molecule has 102 valence electrons. The van der Waals surface area contributed by atoms with Crippen molar-refractivity contribution in [3.8, 4) is 5.75 Å². The van der Waals surface area contributed by atoms with Crippen LogP contribution in [0.4, 0.5) is 4.79 Å². The van der Waals surface area contributed by atoms with Gasteiger partial charge in [-0.1, -0.05) is 6.07 Å². The first kappa shape index (κ1) is 12.7. The molecule has 1 aromatic rings. The number of phenols is 1. The molecule has 1 aliphatic heterocycles. The Morgan fingerprint density at radius 1 is 1.37 bits per heavy atom. The van der Waals surface area contributed by atoms with Crippen molar-refractivity contribution in [1.29, 1.82) is 0 Å². The summed E-state index contributed by atoms with van der Waals surface area (Å²) in [6.45, 7) is 1.66. The summed E-state index contributed by atoms with van der Waals surface area (Å²) in [7, 11) is 0. The fourth-order valence-corrected chi connectivity index (χ4v) is 3.65. The Bertz CT molecular complexity index is 486. The SMILES string of the molecule is O=C(NC1CCc2ccc(O)cc21)N1CCSCC1. The van der Waals surface area contributed by atoms with Gasteiger partial charge in [-0.25, -0.2) is 4.79 Å². The van der Waals surface area contributed by atoms with E-state index in [1.54, 1.807) is 12.1 Å². The Labute approximate surface area is 117 Å². The zero-order valence-corrected chi connectivity index (χ0v) is 11.6. The van der Waals surface area contributed by atoms with Crippen molar-refractivity contribution in [3.63, 3.8) is 0 Å². The molecule has 1 aromatic carbocycles. The van der Waals surface area contributed by atoms with Crippen molar-refractivity contribution < 1.29 is 9.90 Å². The van der Waals surface area contributed by atoms with Gasteiger partial charge in [0.25, 0.3) is 0 Å². The molecule has 0 bridgehead atoms. The third-order valence-electron chi connectivity index (χ3n) is 3.80. The molecular weight excluding hydrogens is 260 g/mol. The highest BCUT2D eigenvalue weighted by Gasteiger charge is 2.26. The first-order valence-electron chi connectivity index (χ1n) is 6.69. The smallest absolute Gasteiger partial charge is 0.317 e. The molecule has 5 heteroatoms. The number of benzene rings is 1. The first-order chi connectivity index (χ1) is 9.24. The number of carbonyl (C=O) groups is 1. The van der Waals surface area contributed by atoms with E-state index in [0.717, 1.165) is 43.0 Å². The van der Waals surface area contributed by atoms with Gasteiger partial charge < -0.3 is 15.3 Å². The molecule has 1 unspecified atom stereocenters. The number of urea groups is 1. The lowest BCUT2D eigenvalue weighted by Crippen LogP contribution is -2.45. The van der Waals surface area contributed by atoms with Gasteiger partial charge in [0.15, 0.2) is 0 Å². The maximum absolute atomic E-state index is 12.2. The molecule has 1 fully saturated rings. The van der Waals surface area contributed by atoms with Crippen molar-refractivity contribution >= 4 is 17.8 Å². The maximum Gasteiger partial charge on any atom is 0.317 e. The van der Waals surface area contributed by atoms with Gasteiger partial charge in [0.1, 0.15) is 5.75 Å². The molecule has 2 N–H and O–H groups in total. The largest absolute Gasteiger partial charge is 0.508 e. The van der Waals surface area contributed by atoms with E-state index in [1.165, 1.54) is 5.56 Å². The van der Waals surface area contributed by atoms with Crippen LogP contribution in [0.15, 0.2) is 18.2 Å². The standard InChI is InChI=1S/C14H18N2O2S/c17-11-3-1-10-2-4-13(12(10)9-11)15-14(18)16-5-7-19-8-6-16/h1,3,9,13,17H,2,4-8H2,(H,15,18). The molecular formula is C14H18N2O2S. The lowest BCUT2D eigenvalue weighted by atomic mass is 10.1. The van der Waals surface area contributed by atoms with E-state index < -0.39 is 0 Å². The van der Waals surface area contributed by atoms with Crippen LogP contribution >= 0.6 is 11.8 Å². The van der Waals surface area contributed by atoms with Gasteiger partial charge >= 0.3 is 6.03 Å². The number of thioether (sulfide) groups is 1. The highest BCUT2D eigenvalue weighted by atomic mass is 32.2. The van der Waals surface area contributed by atoms with E-state index >= 15 is 0 Å². The fraction of sp³-hybridized carbons (Fsp3) is 0.500. The Hall–Kier alpha value is -1.36. The quantitative estimate of drug-likeness (QED) is 0.827. The minimum absolute atomic E-state index is 0.0292. The van der Waals surface area contributed by atoms with E-state index in [9.17, 15) is 9.90 Å². The van der Waals surface area contributed by atoms with Crippen LogP contribution in [0.5, 0.6) is 5.75 Å². The molecule has 0 aromatic heterocycles. The van der Waals surface area contributed by atoms with Gasteiger partial charge in [-0.2, -0.15) is 11.8 Å². The Kier molecular flexibility index (Phi) is 3.55. The van der Waals surface area contributed by atoms with Gasteiger partial charge in [0.2, 0.25) is 0 Å². The molecule has 0 saturated carbocycles. The molecule has 2 amide bonds. The van der Waals surface area contributed by atoms with Gasteiger partial charge in [-0.15, -0.1) is 0 Å². The number of aromatic hydroxyl groups is 1. The molecule has 0 radical (unpaired) electrons. The van der Waals surface area contributed by atoms with Gasteiger partial charge in [0, 0.05) is 24.6 Å². The Morgan fingerprint density at radius 3 is 2.95 bits per heavy atom. The number of amides is 2. The number of nitrogens with zero attached hydrogens (tertiary/aromatic N) is 1. The summed E-state index contributed by atoms with van der Waals surface area (Å²) >= 11 is 1.89. The third kappa shape index (κ3) is 2.66. The molecule has 1 aliphatic carbocycles. The van der Waals surface area contributed by atoms with Crippen LogP contribution in [0.1, 0.15) is 23.6 Å². The van der Waals surface area contributed by atoms with E-state index in [0.29, 0.717) is 0 Å². The average molecular weight is 278 g/mol. The second-order valence-electron chi connectivity index (χ2n) is 5.02. The second kappa shape index (κ2) is 5.33. The summed E-state index contributed by atoms with van der Waals surface area (Å²) in [5.41, 5.74) is 2.30. The van der Waals surface area contributed by atoms with Crippen LogP contribution in [-0.4, -0.2) is 40.6 Å². The summed E-state index contributed by atoms with van der Waals surface area (Å²) < 4.78 is 0. The van der Waals surface area contributed by atoms with Crippen molar-refractivity contribution in [2.24, 2.45) is 0 Å². The molecule has 4 nitrogen and oxygen atoms in total. The first-order valence-corrected chi connectivity index (χ1v) is 7.84. The number of hydrogen-bond acceptors (Lipinski definition) is 3.